The second-order valence-electron chi connectivity index (χ2n) is 4.16. The number of benzene rings is 1. The Kier molecular flexibility index (Phi) is 6.05. The molecule has 0 bridgehead atoms. The van der Waals surface area contributed by atoms with Crippen molar-refractivity contribution in [2.24, 2.45) is 5.92 Å². The molecule has 1 fully saturated rings. The van der Waals surface area contributed by atoms with Crippen molar-refractivity contribution in [3.8, 4) is 0 Å². The fraction of sp³-hybridized carbons (Fsp3) is 0.417. The number of anilines is 1. The average molecular weight is 338 g/mol. The number of piperidine rings is 1. The van der Waals surface area contributed by atoms with Crippen LogP contribution in [0.3, 0.4) is 0 Å². The van der Waals surface area contributed by atoms with E-state index in [1.54, 1.807) is 12.1 Å². The monoisotopic (exact) mass is 336 g/mol. The first-order chi connectivity index (χ1) is 8.16. The van der Waals surface area contributed by atoms with E-state index in [9.17, 15) is 9.18 Å². The third kappa shape index (κ3) is 3.93. The number of amides is 1. The van der Waals surface area contributed by atoms with Gasteiger partial charge in [-0.25, -0.2) is 4.39 Å². The normalized spacial score (nSPS) is 18.9. The Hall–Kier alpha value is -0.650. The van der Waals surface area contributed by atoms with Crippen molar-refractivity contribution in [3.63, 3.8) is 0 Å². The standard InChI is InChI=1S/C12H14BrFN2O.ClH/c13-10-4-3-9(6-11(10)14)16-12(17)8-2-1-5-15-7-8;/h3-4,6,8,15H,1-2,5,7H2,(H,16,17);1H/t8-;/m1./s1. The number of rotatable bonds is 2. The van der Waals surface area contributed by atoms with E-state index in [2.05, 4.69) is 26.6 Å². The minimum atomic E-state index is -0.371. The Labute approximate surface area is 120 Å². The van der Waals surface area contributed by atoms with Crippen LogP contribution in [0.5, 0.6) is 0 Å². The van der Waals surface area contributed by atoms with Gasteiger partial charge in [0.15, 0.2) is 0 Å². The molecule has 0 aliphatic carbocycles. The molecule has 1 heterocycles. The number of halogens is 3. The highest BCUT2D eigenvalue weighted by Crippen LogP contribution is 2.20. The quantitative estimate of drug-likeness (QED) is 0.871. The van der Waals surface area contributed by atoms with Crippen molar-refractivity contribution in [3.05, 3.63) is 28.5 Å². The van der Waals surface area contributed by atoms with Crippen molar-refractivity contribution in [2.75, 3.05) is 18.4 Å². The summed E-state index contributed by atoms with van der Waals surface area (Å²) in [5.41, 5.74) is 0.501. The van der Waals surface area contributed by atoms with Gasteiger partial charge in [0.2, 0.25) is 5.91 Å². The Morgan fingerprint density at radius 2 is 2.28 bits per heavy atom. The summed E-state index contributed by atoms with van der Waals surface area (Å²) in [6.45, 7) is 1.67. The van der Waals surface area contributed by atoms with Crippen molar-refractivity contribution >= 4 is 39.9 Å². The highest BCUT2D eigenvalue weighted by atomic mass is 79.9. The van der Waals surface area contributed by atoms with Gasteiger partial charge in [0.1, 0.15) is 5.82 Å². The van der Waals surface area contributed by atoms with Crippen LogP contribution in [0.4, 0.5) is 10.1 Å². The Morgan fingerprint density at radius 3 is 2.89 bits per heavy atom. The number of carbonyl (C=O) groups excluding carboxylic acids is 1. The van der Waals surface area contributed by atoms with Crippen LogP contribution >= 0.6 is 28.3 Å². The molecular formula is C12H15BrClFN2O. The zero-order valence-electron chi connectivity index (χ0n) is 9.71. The number of hydrogen-bond acceptors (Lipinski definition) is 2. The summed E-state index contributed by atoms with van der Waals surface area (Å²) < 4.78 is 13.7. The van der Waals surface area contributed by atoms with E-state index >= 15 is 0 Å². The molecule has 1 amide bonds. The van der Waals surface area contributed by atoms with E-state index < -0.39 is 0 Å². The van der Waals surface area contributed by atoms with Gasteiger partial charge in [0.05, 0.1) is 10.4 Å². The molecule has 1 aromatic carbocycles. The maximum atomic E-state index is 13.3. The molecule has 0 saturated carbocycles. The molecule has 2 N–H and O–H groups in total. The lowest BCUT2D eigenvalue weighted by Crippen LogP contribution is -2.37. The molecule has 2 rings (SSSR count). The van der Waals surface area contributed by atoms with Gasteiger partial charge in [0, 0.05) is 12.2 Å². The van der Waals surface area contributed by atoms with Crippen LogP contribution in [0.25, 0.3) is 0 Å². The molecule has 1 atom stereocenters. The van der Waals surface area contributed by atoms with Crippen LogP contribution in [0, 0.1) is 11.7 Å². The molecule has 6 heteroatoms. The van der Waals surface area contributed by atoms with E-state index in [0.29, 0.717) is 16.7 Å². The highest BCUT2D eigenvalue weighted by Gasteiger charge is 2.20. The molecule has 3 nitrogen and oxygen atoms in total. The number of hydrogen-bond donors (Lipinski definition) is 2. The smallest absolute Gasteiger partial charge is 0.228 e. The van der Waals surface area contributed by atoms with E-state index in [1.165, 1.54) is 6.07 Å². The first-order valence-corrected chi connectivity index (χ1v) is 6.43. The van der Waals surface area contributed by atoms with Crippen LogP contribution in [0.15, 0.2) is 22.7 Å². The zero-order chi connectivity index (χ0) is 12.3. The molecular weight excluding hydrogens is 323 g/mol. The Morgan fingerprint density at radius 1 is 1.50 bits per heavy atom. The summed E-state index contributed by atoms with van der Waals surface area (Å²) in [5.74, 6) is -0.432. The van der Waals surface area contributed by atoms with E-state index in [1.807, 2.05) is 0 Å². The first-order valence-electron chi connectivity index (χ1n) is 5.63. The van der Waals surface area contributed by atoms with Gasteiger partial charge in [-0.3, -0.25) is 4.79 Å². The lowest BCUT2D eigenvalue weighted by atomic mass is 9.99. The molecule has 100 valence electrons. The summed E-state index contributed by atoms with van der Waals surface area (Å²) in [6.07, 6.45) is 1.89. The SMILES string of the molecule is Cl.O=C(Nc1ccc(Br)c(F)c1)[C@@H]1CCCNC1. The summed E-state index contributed by atoms with van der Waals surface area (Å²) >= 11 is 3.07. The number of carbonyl (C=O) groups is 1. The van der Waals surface area contributed by atoms with Gasteiger partial charge >= 0.3 is 0 Å². The fourth-order valence-corrected chi connectivity index (χ4v) is 2.14. The molecule has 0 radical (unpaired) electrons. The average Bonchev–Trinajstić information content (AvgIpc) is 2.35. The minimum Gasteiger partial charge on any atom is -0.326 e. The maximum Gasteiger partial charge on any atom is 0.228 e. The number of nitrogens with one attached hydrogen (secondary N) is 2. The van der Waals surface area contributed by atoms with Gasteiger partial charge in [-0.15, -0.1) is 12.4 Å². The van der Waals surface area contributed by atoms with Gasteiger partial charge in [-0.05, 0) is 53.5 Å². The van der Waals surface area contributed by atoms with Gasteiger partial charge in [-0.2, -0.15) is 0 Å². The van der Waals surface area contributed by atoms with Crippen LogP contribution in [-0.4, -0.2) is 19.0 Å². The van der Waals surface area contributed by atoms with Gasteiger partial charge in [-0.1, -0.05) is 0 Å². The second-order valence-corrected chi connectivity index (χ2v) is 5.02. The summed E-state index contributed by atoms with van der Waals surface area (Å²) in [4.78, 5) is 11.9. The molecule has 18 heavy (non-hydrogen) atoms. The first kappa shape index (κ1) is 15.4. The summed E-state index contributed by atoms with van der Waals surface area (Å²) in [7, 11) is 0. The summed E-state index contributed by atoms with van der Waals surface area (Å²) in [6, 6.07) is 4.59. The molecule has 1 aliphatic rings. The van der Waals surface area contributed by atoms with Crippen LogP contribution in [-0.2, 0) is 4.79 Å². The van der Waals surface area contributed by atoms with Crippen LogP contribution in [0.2, 0.25) is 0 Å². The van der Waals surface area contributed by atoms with Gasteiger partial charge < -0.3 is 10.6 Å². The van der Waals surface area contributed by atoms with Crippen molar-refractivity contribution in [2.45, 2.75) is 12.8 Å². The predicted molar refractivity (Wildman–Crippen MR) is 75.6 cm³/mol. The maximum absolute atomic E-state index is 13.3. The van der Waals surface area contributed by atoms with E-state index in [4.69, 9.17) is 0 Å². The molecule has 0 spiro atoms. The van der Waals surface area contributed by atoms with Crippen molar-refractivity contribution < 1.29 is 9.18 Å². The lowest BCUT2D eigenvalue weighted by Gasteiger charge is -2.21. The minimum absolute atomic E-state index is 0. The van der Waals surface area contributed by atoms with Crippen molar-refractivity contribution in [1.82, 2.24) is 5.32 Å². The van der Waals surface area contributed by atoms with Crippen molar-refractivity contribution in [1.29, 1.82) is 0 Å². The van der Waals surface area contributed by atoms with E-state index in [-0.39, 0.29) is 30.0 Å². The van der Waals surface area contributed by atoms with Crippen LogP contribution < -0.4 is 10.6 Å². The highest BCUT2D eigenvalue weighted by molar-refractivity contribution is 9.10. The fourth-order valence-electron chi connectivity index (χ4n) is 1.89. The molecule has 0 aromatic heterocycles. The topological polar surface area (TPSA) is 41.1 Å². The summed E-state index contributed by atoms with van der Waals surface area (Å²) in [5, 5.41) is 5.92. The molecule has 1 aliphatic heterocycles. The van der Waals surface area contributed by atoms with Gasteiger partial charge in [0.25, 0.3) is 0 Å². The predicted octanol–water partition coefficient (Wildman–Crippen LogP) is 2.95. The molecule has 1 aromatic rings. The third-order valence-electron chi connectivity index (χ3n) is 2.85. The Balaban J connectivity index is 0.00000162. The molecule has 1 saturated heterocycles. The third-order valence-corrected chi connectivity index (χ3v) is 3.50. The largest absolute Gasteiger partial charge is 0.326 e. The van der Waals surface area contributed by atoms with E-state index in [0.717, 1.165) is 19.4 Å². The molecule has 0 unspecified atom stereocenters. The zero-order valence-corrected chi connectivity index (χ0v) is 12.1. The second kappa shape index (κ2) is 7.07. The Bertz CT molecular complexity index is 425. The lowest BCUT2D eigenvalue weighted by molar-refractivity contribution is -0.120. The van der Waals surface area contributed by atoms with Crippen LogP contribution in [0.1, 0.15) is 12.8 Å².